The lowest BCUT2D eigenvalue weighted by atomic mass is 10.3. The van der Waals surface area contributed by atoms with Crippen LogP contribution in [0.4, 0.5) is 13.2 Å². The minimum Gasteiger partial charge on any atom is -0.355 e. The van der Waals surface area contributed by atoms with E-state index in [4.69, 9.17) is 0 Å². The van der Waals surface area contributed by atoms with Gasteiger partial charge in [0.1, 0.15) is 5.82 Å². The van der Waals surface area contributed by atoms with E-state index in [2.05, 4.69) is 20.3 Å². The summed E-state index contributed by atoms with van der Waals surface area (Å²) < 4.78 is 37.4. The number of hydrogen-bond acceptors (Lipinski definition) is 4. The highest BCUT2D eigenvalue weighted by Gasteiger charge is 2.30. The largest absolute Gasteiger partial charge is 0.417 e. The number of nitrogens with one attached hydrogen (secondary N) is 2. The van der Waals surface area contributed by atoms with Gasteiger partial charge in [0.05, 0.1) is 27.4 Å². The number of fused-ring (bicyclic) bond motifs is 1. The van der Waals surface area contributed by atoms with Crippen molar-refractivity contribution in [2.24, 2.45) is 0 Å². The number of aryl methyl sites for hydroxylation is 1. The monoisotopic (exact) mass is 394 g/mol. The Kier molecular flexibility index (Phi) is 6.00. The van der Waals surface area contributed by atoms with Gasteiger partial charge in [0.25, 0.3) is 0 Å². The topological polar surface area (TPSA) is 70.7 Å². The van der Waals surface area contributed by atoms with Crippen LogP contribution in [0, 0.1) is 0 Å². The van der Waals surface area contributed by atoms with Crippen molar-refractivity contribution < 1.29 is 18.0 Å². The van der Waals surface area contributed by atoms with Gasteiger partial charge in [-0.1, -0.05) is 23.9 Å². The number of carbonyl (C=O) groups is 1. The number of thioether (sulfide) groups is 1. The van der Waals surface area contributed by atoms with Gasteiger partial charge in [0.2, 0.25) is 5.91 Å². The molecule has 0 fully saturated rings. The van der Waals surface area contributed by atoms with E-state index >= 15 is 0 Å². The maximum absolute atomic E-state index is 12.5. The fourth-order valence-corrected chi connectivity index (χ4v) is 3.10. The summed E-state index contributed by atoms with van der Waals surface area (Å²) in [5.41, 5.74) is 1.09. The van der Waals surface area contributed by atoms with Crippen LogP contribution in [0.1, 0.15) is 17.8 Å². The summed E-state index contributed by atoms with van der Waals surface area (Å²) in [7, 11) is 0. The van der Waals surface area contributed by atoms with Crippen molar-refractivity contribution in [2.45, 2.75) is 24.0 Å². The number of H-pyrrole nitrogens is 1. The molecule has 1 amide bonds. The number of aromatic amines is 1. The molecule has 0 unspecified atom stereocenters. The third-order valence-electron chi connectivity index (χ3n) is 3.77. The van der Waals surface area contributed by atoms with E-state index in [1.165, 1.54) is 6.07 Å². The van der Waals surface area contributed by atoms with Crippen LogP contribution in [0.15, 0.2) is 47.6 Å². The maximum atomic E-state index is 12.5. The first-order valence-corrected chi connectivity index (χ1v) is 9.27. The van der Waals surface area contributed by atoms with Gasteiger partial charge < -0.3 is 10.3 Å². The number of rotatable bonds is 7. The standard InChI is InChI=1S/C18H17F3N4OS/c19-18(20,21)12-7-8-17(23-10-12)27-11-16(26)22-9-3-6-15-24-13-4-1-2-5-14(13)25-15/h1-2,4-5,7-8,10H,3,6,9,11H2,(H,22,26)(H,24,25). The molecule has 3 rings (SSSR count). The van der Waals surface area contributed by atoms with Crippen molar-refractivity contribution in [3.05, 3.63) is 54.0 Å². The first-order valence-electron chi connectivity index (χ1n) is 8.28. The predicted molar refractivity (Wildman–Crippen MR) is 97.4 cm³/mol. The molecule has 0 atom stereocenters. The number of pyridine rings is 1. The van der Waals surface area contributed by atoms with Gasteiger partial charge in [0, 0.05) is 19.2 Å². The van der Waals surface area contributed by atoms with Crippen LogP contribution in [-0.4, -0.2) is 33.2 Å². The smallest absolute Gasteiger partial charge is 0.355 e. The molecule has 1 aromatic carbocycles. The molecule has 3 aromatic rings. The second-order valence-corrected chi connectivity index (χ2v) is 6.82. The second-order valence-electron chi connectivity index (χ2n) is 5.83. The van der Waals surface area contributed by atoms with E-state index in [0.717, 1.165) is 47.3 Å². The summed E-state index contributed by atoms with van der Waals surface area (Å²) >= 11 is 1.10. The van der Waals surface area contributed by atoms with Crippen molar-refractivity contribution in [1.29, 1.82) is 0 Å². The fraction of sp³-hybridized carbons (Fsp3) is 0.278. The Morgan fingerprint density at radius 3 is 2.70 bits per heavy atom. The van der Waals surface area contributed by atoms with Crippen LogP contribution in [0.5, 0.6) is 0 Å². The van der Waals surface area contributed by atoms with E-state index in [0.29, 0.717) is 18.0 Å². The molecule has 27 heavy (non-hydrogen) atoms. The summed E-state index contributed by atoms with van der Waals surface area (Å²) in [5, 5.41) is 3.16. The normalized spacial score (nSPS) is 11.7. The summed E-state index contributed by atoms with van der Waals surface area (Å²) in [6.07, 6.45) is -2.20. The number of para-hydroxylation sites is 2. The number of nitrogens with zero attached hydrogens (tertiary/aromatic N) is 2. The molecule has 142 valence electrons. The molecule has 2 heterocycles. The van der Waals surface area contributed by atoms with Gasteiger partial charge in [-0.15, -0.1) is 0 Å². The summed E-state index contributed by atoms with van der Waals surface area (Å²) in [5.74, 6) is 0.781. The zero-order chi connectivity index (χ0) is 19.3. The number of benzene rings is 1. The van der Waals surface area contributed by atoms with E-state index in [1.807, 2.05) is 24.3 Å². The van der Waals surface area contributed by atoms with Gasteiger partial charge in [-0.05, 0) is 30.7 Å². The molecule has 2 N–H and O–H groups in total. The lowest BCUT2D eigenvalue weighted by molar-refractivity contribution is -0.137. The van der Waals surface area contributed by atoms with Gasteiger partial charge in [-0.2, -0.15) is 13.2 Å². The van der Waals surface area contributed by atoms with Crippen LogP contribution in [0.25, 0.3) is 11.0 Å². The molecular formula is C18H17F3N4OS. The van der Waals surface area contributed by atoms with Crippen LogP contribution in [-0.2, 0) is 17.4 Å². The molecule has 5 nitrogen and oxygen atoms in total. The molecule has 2 aromatic heterocycles. The third kappa shape index (κ3) is 5.46. The third-order valence-corrected chi connectivity index (χ3v) is 4.71. The van der Waals surface area contributed by atoms with Gasteiger partial charge in [0.15, 0.2) is 0 Å². The summed E-state index contributed by atoms with van der Waals surface area (Å²) in [6.45, 7) is 0.497. The number of imidazole rings is 1. The highest BCUT2D eigenvalue weighted by Crippen LogP contribution is 2.29. The molecule has 0 saturated carbocycles. The highest BCUT2D eigenvalue weighted by molar-refractivity contribution is 7.99. The van der Waals surface area contributed by atoms with Crippen LogP contribution in [0.3, 0.4) is 0 Å². The zero-order valence-corrected chi connectivity index (χ0v) is 15.0. The van der Waals surface area contributed by atoms with E-state index in [1.54, 1.807) is 0 Å². The molecule has 0 radical (unpaired) electrons. The maximum Gasteiger partial charge on any atom is 0.417 e. The van der Waals surface area contributed by atoms with Crippen molar-refractivity contribution in [2.75, 3.05) is 12.3 Å². The van der Waals surface area contributed by atoms with Crippen LogP contribution >= 0.6 is 11.8 Å². The molecule has 9 heteroatoms. The summed E-state index contributed by atoms with van der Waals surface area (Å²) in [6, 6.07) is 9.98. The number of amides is 1. The molecule has 0 aliphatic rings. The highest BCUT2D eigenvalue weighted by atomic mass is 32.2. The summed E-state index contributed by atoms with van der Waals surface area (Å²) in [4.78, 5) is 23.3. The first-order chi connectivity index (χ1) is 12.9. The number of aromatic nitrogens is 3. The zero-order valence-electron chi connectivity index (χ0n) is 14.2. The Balaban J connectivity index is 1.37. The number of halogens is 3. The Morgan fingerprint density at radius 2 is 2.00 bits per heavy atom. The number of alkyl halides is 3. The molecule has 0 aliphatic heterocycles. The second kappa shape index (κ2) is 8.43. The molecule has 0 spiro atoms. The number of carbonyl (C=O) groups excluding carboxylic acids is 1. The molecule has 0 bridgehead atoms. The Labute approximate surface area is 157 Å². The van der Waals surface area contributed by atoms with E-state index in [-0.39, 0.29) is 11.7 Å². The first kappa shape index (κ1) is 19.2. The van der Waals surface area contributed by atoms with Crippen LogP contribution in [0.2, 0.25) is 0 Å². The number of hydrogen-bond donors (Lipinski definition) is 2. The fourth-order valence-electron chi connectivity index (χ4n) is 2.43. The average molecular weight is 394 g/mol. The Hall–Kier alpha value is -2.55. The minimum absolute atomic E-state index is 0.100. The van der Waals surface area contributed by atoms with Gasteiger partial charge in [-0.3, -0.25) is 4.79 Å². The average Bonchev–Trinajstić information content (AvgIpc) is 3.06. The van der Waals surface area contributed by atoms with Crippen molar-refractivity contribution in [3.8, 4) is 0 Å². The van der Waals surface area contributed by atoms with Gasteiger partial charge in [-0.25, -0.2) is 9.97 Å². The van der Waals surface area contributed by atoms with Crippen molar-refractivity contribution in [1.82, 2.24) is 20.3 Å². The van der Waals surface area contributed by atoms with Crippen molar-refractivity contribution >= 4 is 28.7 Å². The SMILES string of the molecule is O=C(CSc1ccc(C(F)(F)F)cn1)NCCCc1nc2ccccc2[nH]1. The molecule has 0 aliphatic carbocycles. The quantitative estimate of drug-likeness (QED) is 0.472. The van der Waals surface area contributed by atoms with Crippen LogP contribution < -0.4 is 5.32 Å². The van der Waals surface area contributed by atoms with Crippen molar-refractivity contribution in [3.63, 3.8) is 0 Å². The Morgan fingerprint density at radius 1 is 1.19 bits per heavy atom. The molecule has 0 saturated heterocycles. The lowest BCUT2D eigenvalue weighted by Crippen LogP contribution is -2.26. The van der Waals surface area contributed by atoms with Gasteiger partial charge >= 0.3 is 6.18 Å². The predicted octanol–water partition coefficient (Wildman–Crippen LogP) is 3.82. The van der Waals surface area contributed by atoms with E-state index < -0.39 is 11.7 Å². The lowest BCUT2D eigenvalue weighted by Gasteiger charge is -2.07. The molecular weight excluding hydrogens is 377 g/mol. The Bertz CT molecular complexity index is 876. The minimum atomic E-state index is -4.41. The van der Waals surface area contributed by atoms with E-state index in [9.17, 15) is 18.0 Å².